The molecule has 0 bridgehead atoms. The number of fused-ring (bicyclic) bond motifs is 4. The topological polar surface area (TPSA) is 146 Å². The summed E-state index contributed by atoms with van der Waals surface area (Å²) in [5.41, 5.74) is 8.88. The first-order valence-corrected chi connectivity index (χ1v) is 12.4. The number of amides is 1. The summed E-state index contributed by atoms with van der Waals surface area (Å²) in [6.45, 7) is 7.52. The number of carbonyl (C=O) groups excluding carboxylic acids is 2. The number of hydrogen-bond donors (Lipinski definition) is 3. The van der Waals surface area contributed by atoms with Gasteiger partial charge in [-0.3, -0.25) is 14.4 Å². The van der Waals surface area contributed by atoms with Crippen LogP contribution < -0.4 is 21.3 Å². The zero-order valence-corrected chi connectivity index (χ0v) is 21.9. The van der Waals surface area contributed by atoms with Gasteiger partial charge in [0.1, 0.15) is 12.4 Å². The van der Waals surface area contributed by atoms with E-state index in [2.05, 4.69) is 5.32 Å². The number of methoxy groups -OCH3 is 1. The molecular formula is C27H34N4O6. The second-order valence-corrected chi connectivity index (χ2v) is 8.27. The summed E-state index contributed by atoms with van der Waals surface area (Å²) in [5.74, 6) is -0.574. The normalized spacial score (nSPS) is 12.2. The SMILES string of the molecule is CC.CCc1c2c(nc3ccc(OC)cc13)-c1cc(C(O)C(=O)NCCN)c(COC(C)=O)c(=O)n1C2. The molecule has 0 aliphatic carbocycles. The molecule has 37 heavy (non-hydrogen) atoms. The van der Waals surface area contributed by atoms with Crippen molar-refractivity contribution in [1.82, 2.24) is 14.9 Å². The molecule has 1 atom stereocenters. The summed E-state index contributed by atoms with van der Waals surface area (Å²) >= 11 is 0. The first-order valence-electron chi connectivity index (χ1n) is 12.4. The number of pyridine rings is 2. The average Bonchev–Trinajstić information content (AvgIpc) is 3.28. The van der Waals surface area contributed by atoms with Crippen LogP contribution in [-0.2, 0) is 33.9 Å². The molecule has 4 N–H and O–H groups in total. The summed E-state index contributed by atoms with van der Waals surface area (Å²) in [4.78, 5) is 42.4. The molecule has 2 aromatic heterocycles. The molecule has 0 radical (unpaired) electrons. The number of nitrogens with two attached hydrogens (primary N) is 1. The number of nitrogens with one attached hydrogen (secondary N) is 1. The van der Waals surface area contributed by atoms with Gasteiger partial charge in [-0.2, -0.15) is 0 Å². The van der Waals surface area contributed by atoms with Crippen LogP contribution in [-0.4, -0.2) is 46.7 Å². The number of aryl methyl sites for hydroxylation is 1. The minimum absolute atomic E-state index is 0.0384. The van der Waals surface area contributed by atoms with Crippen LogP contribution in [0.3, 0.4) is 0 Å². The number of benzene rings is 1. The molecule has 0 saturated carbocycles. The summed E-state index contributed by atoms with van der Waals surface area (Å²) in [6.07, 6.45) is -0.945. The number of hydrogen-bond acceptors (Lipinski definition) is 8. The molecule has 1 amide bonds. The van der Waals surface area contributed by atoms with Gasteiger partial charge in [-0.15, -0.1) is 0 Å². The highest BCUT2D eigenvalue weighted by Gasteiger charge is 2.31. The van der Waals surface area contributed by atoms with E-state index in [0.29, 0.717) is 23.6 Å². The standard InChI is InChI=1S/C25H28N4O6.C2H6/c1-4-15-16-9-14(34-3)5-6-20(16)28-22-18(15)11-29-21(22)10-17(23(31)24(32)27-8-7-26)19(25(29)33)12-35-13(2)30;1-2/h5-6,9-10,23,31H,4,7-8,11-12,26H2,1-3H3,(H,27,32);1-2H3. The van der Waals surface area contributed by atoms with Gasteiger partial charge < -0.3 is 30.2 Å². The molecule has 4 rings (SSSR count). The molecular weight excluding hydrogens is 476 g/mol. The van der Waals surface area contributed by atoms with E-state index < -0.39 is 23.5 Å². The van der Waals surface area contributed by atoms with E-state index >= 15 is 0 Å². The largest absolute Gasteiger partial charge is 0.497 e. The minimum atomic E-state index is -1.65. The van der Waals surface area contributed by atoms with Crippen LogP contribution >= 0.6 is 0 Å². The van der Waals surface area contributed by atoms with Gasteiger partial charge in [0.2, 0.25) is 0 Å². The Labute approximate surface area is 215 Å². The lowest BCUT2D eigenvalue weighted by Crippen LogP contribution is -2.35. The number of carbonyl (C=O) groups is 2. The maximum atomic E-state index is 13.6. The van der Waals surface area contributed by atoms with Crippen molar-refractivity contribution in [2.45, 2.75) is 53.4 Å². The van der Waals surface area contributed by atoms with Crippen molar-refractivity contribution in [1.29, 1.82) is 0 Å². The Kier molecular flexibility index (Phi) is 9.01. The van der Waals surface area contributed by atoms with E-state index in [9.17, 15) is 19.5 Å². The molecule has 0 saturated heterocycles. The Morgan fingerprint density at radius 2 is 1.97 bits per heavy atom. The fourth-order valence-corrected chi connectivity index (χ4v) is 4.48. The predicted molar refractivity (Wildman–Crippen MR) is 140 cm³/mol. The highest BCUT2D eigenvalue weighted by Crippen LogP contribution is 2.38. The van der Waals surface area contributed by atoms with E-state index in [0.717, 1.165) is 22.0 Å². The molecule has 10 nitrogen and oxygen atoms in total. The lowest BCUT2D eigenvalue weighted by Gasteiger charge is -2.17. The van der Waals surface area contributed by atoms with Crippen molar-refractivity contribution in [3.8, 4) is 17.1 Å². The molecule has 0 spiro atoms. The summed E-state index contributed by atoms with van der Waals surface area (Å²) < 4.78 is 12.0. The summed E-state index contributed by atoms with van der Waals surface area (Å²) in [7, 11) is 1.60. The van der Waals surface area contributed by atoms with Crippen LogP contribution in [0.5, 0.6) is 5.75 Å². The monoisotopic (exact) mass is 510 g/mol. The van der Waals surface area contributed by atoms with Gasteiger partial charge in [0.05, 0.1) is 36.1 Å². The van der Waals surface area contributed by atoms with Crippen molar-refractivity contribution in [2.75, 3.05) is 20.2 Å². The van der Waals surface area contributed by atoms with E-state index in [1.165, 1.54) is 6.92 Å². The van der Waals surface area contributed by atoms with Gasteiger partial charge in [-0.05, 0) is 36.2 Å². The number of aliphatic hydroxyl groups is 1. The zero-order valence-electron chi connectivity index (χ0n) is 21.9. The average molecular weight is 511 g/mol. The van der Waals surface area contributed by atoms with Gasteiger partial charge in [-0.25, -0.2) is 4.98 Å². The molecule has 1 aliphatic heterocycles. The Hall–Kier alpha value is -3.76. The van der Waals surface area contributed by atoms with E-state index in [4.69, 9.17) is 20.2 Å². The fraction of sp³-hybridized carbons (Fsp3) is 0.407. The maximum Gasteiger partial charge on any atom is 0.302 e. The number of aromatic nitrogens is 2. The molecule has 1 unspecified atom stereocenters. The van der Waals surface area contributed by atoms with Crippen LogP contribution in [0, 0.1) is 0 Å². The lowest BCUT2D eigenvalue weighted by atomic mass is 9.97. The van der Waals surface area contributed by atoms with Crippen LogP contribution in [0.15, 0.2) is 29.1 Å². The van der Waals surface area contributed by atoms with Crippen LogP contribution in [0.25, 0.3) is 22.3 Å². The van der Waals surface area contributed by atoms with Crippen molar-refractivity contribution < 1.29 is 24.2 Å². The Balaban J connectivity index is 0.00000186. The van der Waals surface area contributed by atoms with Crippen molar-refractivity contribution in [3.05, 3.63) is 56.9 Å². The smallest absolute Gasteiger partial charge is 0.302 e. The summed E-state index contributed by atoms with van der Waals surface area (Å²) in [6, 6.07) is 7.19. The third-order valence-corrected chi connectivity index (χ3v) is 6.16. The molecule has 1 aromatic carbocycles. The molecule has 1 aliphatic rings. The number of esters is 1. The highest BCUT2D eigenvalue weighted by atomic mass is 16.5. The molecule has 198 valence electrons. The van der Waals surface area contributed by atoms with E-state index in [1.807, 2.05) is 39.0 Å². The van der Waals surface area contributed by atoms with Gasteiger partial charge in [0.25, 0.3) is 11.5 Å². The Morgan fingerprint density at radius 1 is 1.24 bits per heavy atom. The van der Waals surface area contributed by atoms with E-state index in [-0.39, 0.29) is 37.4 Å². The van der Waals surface area contributed by atoms with Gasteiger partial charge in [0.15, 0.2) is 6.10 Å². The first-order chi connectivity index (χ1) is 17.8. The molecule has 3 aromatic rings. The Bertz CT molecular complexity index is 1380. The van der Waals surface area contributed by atoms with E-state index in [1.54, 1.807) is 17.7 Å². The number of nitrogens with zero attached hydrogens (tertiary/aromatic N) is 2. The van der Waals surface area contributed by atoms with Crippen LogP contribution in [0.1, 0.15) is 56.1 Å². The molecule has 10 heteroatoms. The van der Waals surface area contributed by atoms with Crippen LogP contribution in [0.2, 0.25) is 0 Å². The number of aliphatic hydroxyl groups excluding tert-OH is 1. The number of rotatable bonds is 8. The fourth-order valence-electron chi connectivity index (χ4n) is 4.48. The maximum absolute atomic E-state index is 13.6. The van der Waals surface area contributed by atoms with Crippen LogP contribution in [0.4, 0.5) is 0 Å². The van der Waals surface area contributed by atoms with Gasteiger partial charge in [0, 0.05) is 36.5 Å². The molecule has 0 fully saturated rings. The lowest BCUT2D eigenvalue weighted by molar-refractivity contribution is -0.142. The van der Waals surface area contributed by atoms with Gasteiger partial charge >= 0.3 is 5.97 Å². The van der Waals surface area contributed by atoms with Crippen molar-refractivity contribution in [2.24, 2.45) is 5.73 Å². The summed E-state index contributed by atoms with van der Waals surface area (Å²) in [5, 5.41) is 14.3. The Morgan fingerprint density at radius 3 is 2.59 bits per heavy atom. The number of ether oxygens (including phenoxy) is 2. The quantitative estimate of drug-likeness (QED) is 0.306. The first kappa shape index (κ1) is 27.8. The van der Waals surface area contributed by atoms with Crippen molar-refractivity contribution in [3.63, 3.8) is 0 Å². The molecule has 3 heterocycles. The van der Waals surface area contributed by atoms with Gasteiger partial charge in [-0.1, -0.05) is 20.8 Å². The third kappa shape index (κ3) is 5.35. The zero-order chi connectivity index (χ0) is 27.3. The minimum Gasteiger partial charge on any atom is -0.497 e. The second kappa shape index (κ2) is 12.0. The highest BCUT2D eigenvalue weighted by molar-refractivity contribution is 5.89. The van der Waals surface area contributed by atoms with Crippen molar-refractivity contribution >= 4 is 22.8 Å². The third-order valence-electron chi connectivity index (χ3n) is 6.16. The predicted octanol–water partition coefficient (Wildman–Crippen LogP) is 2.19. The second-order valence-electron chi connectivity index (χ2n) is 8.27.